The van der Waals surface area contributed by atoms with Crippen LogP contribution in [0.2, 0.25) is 0 Å². The molecule has 9 N–H and O–H groups in total. The molecule has 0 spiro atoms. The quantitative estimate of drug-likeness (QED) is 0.00972. The van der Waals surface area contributed by atoms with Gasteiger partial charge in [0.2, 0.25) is 47.3 Å². The van der Waals surface area contributed by atoms with Crippen molar-refractivity contribution < 1.29 is 96.3 Å². The van der Waals surface area contributed by atoms with Crippen LogP contribution in [0.15, 0.2) is 181 Å². The van der Waals surface area contributed by atoms with Gasteiger partial charge in [0.25, 0.3) is 5.91 Å². The molecule has 5 unspecified atom stereocenters. The monoisotopic (exact) mass is 2070 g/mol. The summed E-state index contributed by atoms with van der Waals surface area (Å²) < 4.78 is 17.3. The Hall–Kier alpha value is -13.0. The summed E-state index contributed by atoms with van der Waals surface area (Å²) in [5, 5.41) is 39.8. The number of nitrogens with one attached hydrogen (secondary N) is 7. The van der Waals surface area contributed by atoms with E-state index in [4.69, 9.17) is 14.2 Å². The Morgan fingerprint density at radius 1 is 0.420 bits per heavy atom. The van der Waals surface area contributed by atoms with Gasteiger partial charge in [-0.2, -0.15) is 0 Å². The van der Waals surface area contributed by atoms with Gasteiger partial charge in [-0.3, -0.25) is 57.5 Å². The van der Waals surface area contributed by atoms with E-state index >= 15 is 0 Å². The lowest BCUT2D eigenvalue weighted by atomic mass is 9.85. The molecule has 150 heavy (non-hydrogen) atoms. The van der Waals surface area contributed by atoms with Crippen LogP contribution >= 0.6 is 0 Å². The van der Waals surface area contributed by atoms with Crippen molar-refractivity contribution in [2.24, 2.45) is 53.3 Å². The molecule has 6 aromatic rings. The molecule has 0 saturated heterocycles. The number of amides is 10. The molecule has 10 amide bonds. The minimum atomic E-state index is -1.24. The zero-order chi connectivity index (χ0) is 112. The maximum Gasteiger partial charge on any atom is 0.407 e. The molecular formula is C119H169N11O20. The first-order valence-corrected chi connectivity index (χ1v) is 53.2. The fourth-order valence-corrected chi connectivity index (χ4v) is 19.0. The number of esters is 2. The number of aliphatic hydroxyl groups excluding tert-OH is 1. The predicted molar refractivity (Wildman–Crippen MR) is 584 cm³/mol. The van der Waals surface area contributed by atoms with Crippen LogP contribution in [0.25, 0.3) is 22.3 Å². The summed E-state index contributed by atoms with van der Waals surface area (Å²) in [6, 6.07) is 45.4. The number of fused-ring (bicyclic) bond motifs is 6. The highest BCUT2D eigenvalue weighted by Crippen LogP contribution is 2.46. The average Bonchev–Trinajstić information content (AvgIpc) is 1.62. The molecule has 820 valence electrons. The molecule has 6 aromatic carbocycles. The van der Waals surface area contributed by atoms with Crippen LogP contribution in [-0.2, 0) is 94.2 Å². The SMILES string of the molecule is CCC(C)[C@H](NC(=O)CN(C)C(=O)C(Cc1ccccc1)N(C)C(=O)[C@@H](C)NC(=O)[C@@H](CC(C)C)OC(=O)/C(C)=C/CC[C@H](C)[C@H](NCC(C)NC(=O)OCC1c2ccccc2-c2ccccc21)C(C)CC)C(C)=O.CCC(C)[C@H](NC(=O)CN(C)C(=O)[C@@H](Cc1ccccc1)N(C)C(=O)[C@H](C)NC(=O)[C@H](O)CC(C)C)C(C)=O.CC[C@H](C)[C@@H](NC(=O)[C@@H](C)CC(=O)OCC1c2ccccc2-c2ccccc21)[C@@H](C)/C=C(\C)C(=O)O. The van der Waals surface area contributed by atoms with Gasteiger partial charge in [-0.05, 0) is 177 Å². The summed E-state index contributed by atoms with van der Waals surface area (Å²) in [6.45, 7) is 40.8. The van der Waals surface area contributed by atoms with Gasteiger partial charge in [-0.15, -0.1) is 0 Å². The largest absolute Gasteiger partial charge is 0.478 e. The maximum absolute atomic E-state index is 14.1. The molecule has 31 heteroatoms. The maximum atomic E-state index is 14.1. The zero-order valence-corrected chi connectivity index (χ0v) is 93.2. The average molecular weight is 2070 g/mol. The number of alkyl carbamates (subject to hydrolysis) is 1. The Bertz CT molecular complexity index is 5460. The van der Waals surface area contributed by atoms with E-state index in [0.717, 1.165) is 52.6 Å². The lowest BCUT2D eigenvalue weighted by Crippen LogP contribution is -2.56. The van der Waals surface area contributed by atoms with Crippen molar-refractivity contribution in [3.63, 3.8) is 0 Å². The van der Waals surface area contributed by atoms with Gasteiger partial charge in [0.05, 0.1) is 31.6 Å². The second kappa shape index (κ2) is 61.9. The van der Waals surface area contributed by atoms with Crippen LogP contribution in [0.4, 0.5) is 4.79 Å². The smallest absolute Gasteiger partial charge is 0.407 e. The van der Waals surface area contributed by atoms with E-state index in [2.05, 4.69) is 107 Å². The number of Topliss-reactive ketones (excluding diaryl/α,β-unsaturated/α-hetero) is 2. The molecule has 0 radical (unpaired) electrons. The van der Waals surface area contributed by atoms with E-state index < -0.39 is 126 Å². The van der Waals surface area contributed by atoms with Crippen LogP contribution in [0.5, 0.6) is 0 Å². The summed E-state index contributed by atoms with van der Waals surface area (Å²) in [7, 11) is 5.90. The Kier molecular flexibility index (Phi) is 51.9. The van der Waals surface area contributed by atoms with Crippen molar-refractivity contribution in [2.75, 3.05) is 61.0 Å². The van der Waals surface area contributed by atoms with Crippen LogP contribution in [0, 0.1) is 53.3 Å². The van der Waals surface area contributed by atoms with Crippen molar-refractivity contribution in [3.05, 3.63) is 214 Å². The summed E-state index contributed by atoms with van der Waals surface area (Å²) in [5.74, 6) is -7.10. The molecule has 18 atom stereocenters. The number of carboxylic acids is 1. The predicted octanol–water partition coefficient (Wildman–Crippen LogP) is 15.5. The number of benzene rings is 6. The number of carbonyl (C=O) groups is 15. The number of carboxylic acid groups (broad SMARTS) is 1. The highest BCUT2D eigenvalue weighted by atomic mass is 16.6. The summed E-state index contributed by atoms with van der Waals surface area (Å²) in [6.07, 6.45) is 5.88. The van der Waals surface area contributed by atoms with E-state index in [1.165, 1.54) is 97.7 Å². The fourth-order valence-electron chi connectivity index (χ4n) is 19.0. The number of nitrogens with zero attached hydrogens (tertiary/aromatic N) is 4. The van der Waals surface area contributed by atoms with Crippen LogP contribution in [-0.4, -0.2) is 246 Å². The third kappa shape index (κ3) is 38.2. The summed E-state index contributed by atoms with van der Waals surface area (Å²) in [5.41, 5.74) is 11.5. The Balaban J connectivity index is 0.000000382. The van der Waals surface area contributed by atoms with Crippen LogP contribution in [0.1, 0.15) is 255 Å². The Labute approximate surface area is 889 Å². The molecule has 0 bridgehead atoms. The van der Waals surface area contributed by atoms with Gasteiger partial charge in [0.1, 0.15) is 43.5 Å². The number of likely N-dealkylation sites (N-methyl/N-ethyl adjacent to an activating group) is 4. The van der Waals surface area contributed by atoms with E-state index in [0.29, 0.717) is 37.3 Å². The number of aliphatic carboxylic acids is 1. The Morgan fingerprint density at radius 2 is 0.807 bits per heavy atom. The number of rotatable bonds is 55. The molecule has 0 aliphatic heterocycles. The van der Waals surface area contributed by atoms with Crippen molar-refractivity contribution >= 4 is 88.7 Å². The second-order valence-corrected chi connectivity index (χ2v) is 42.0. The molecule has 0 heterocycles. The summed E-state index contributed by atoms with van der Waals surface area (Å²) in [4.78, 5) is 200. The highest BCUT2D eigenvalue weighted by Gasteiger charge is 2.40. The van der Waals surface area contributed by atoms with Gasteiger partial charge >= 0.3 is 24.0 Å². The molecule has 0 aromatic heterocycles. The van der Waals surface area contributed by atoms with Gasteiger partial charge in [0.15, 0.2) is 17.7 Å². The molecule has 2 aliphatic rings. The minimum absolute atomic E-state index is 0.0204. The topological polar surface area (TPSA) is 421 Å². The number of ether oxygens (including phenoxy) is 3. The first kappa shape index (κ1) is 126. The molecular weight excluding hydrogens is 1900 g/mol. The third-order valence-electron chi connectivity index (χ3n) is 28.8. The Morgan fingerprint density at radius 3 is 1.20 bits per heavy atom. The van der Waals surface area contributed by atoms with Crippen molar-refractivity contribution in [2.45, 2.75) is 301 Å². The number of hydrogen-bond donors (Lipinski definition) is 9. The van der Waals surface area contributed by atoms with Crippen LogP contribution < -0.4 is 37.2 Å². The van der Waals surface area contributed by atoms with Crippen LogP contribution in [0.3, 0.4) is 0 Å². The minimum Gasteiger partial charge on any atom is -0.478 e. The molecule has 0 saturated carbocycles. The zero-order valence-electron chi connectivity index (χ0n) is 93.2. The van der Waals surface area contributed by atoms with Gasteiger partial charge in [-0.1, -0.05) is 299 Å². The van der Waals surface area contributed by atoms with E-state index in [-0.39, 0.29) is 153 Å². The highest BCUT2D eigenvalue weighted by molar-refractivity contribution is 5.98. The number of carbonyl (C=O) groups excluding carboxylic acids is 14. The van der Waals surface area contributed by atoms with Crippen molar-refractivity contribution in [1.82, 2.24) is 56.8 Å². The molecule has 31 nitrogen and oxygen atoms in total. The molecule has 8 rings (SSSR count). The second-order valence-electron chi connectivity index (χ2n) is 42.0. The first-order valence-electron chi connectivity index (χ1n) is 53.2. The lowest BCUT2D eigenvalue weighted by Gasteiger charge is -2.33. The summed E-state index contributed by atoms with van der Waals surface area (Å²) >= 11 is 0. The standard InChI is InChI=1S/C60H86N6O9.C30H37NO5.C29H46N4O6/c1-14-38(5)54(61-34-42(9)62-60(73)74-36-50-48-30-21-19-28-46(48)47-29-20-22-31-49(47)50)40(7)24-23-25-41(8)59(72)75-52(32-37(3)4)56(69)63-43(10)57(70)66(13)51(33-45-26-17-16-18-27-45)58(71)65(12)35-53(68)64-55(44(11)67)39(6)15-2;1-6-18(2)28(19(3)15-21(5)30(34)35)31-29(33)20(4)16-27(32)36-17-26-24-13-9-7-11-22(24)23-12-8-10-14-25(23)26;1-9-19(4)26(21(6)34)31-25(36)17-32(7)29(39)23(16-22-13-11-10-12-14-22)33(8)28(38)20(5)30-27(37)24(35)15-18(2)3/h16-22,25-31,37-40,42-43,50-52,54-55,61H,14-15,23-24,32-36H2,1-13H3,(H,62,73)(H,63,69)(H,64,68);7-15,18-20,26,28H,6,16-17H2,1-5H3,(H,31,33)(H,34,35);10-14,18-20,23-24,26,35H,9,15-17H2,1-8H3,(H,30,37)(H,31,36)/b41-25+;21-15+;/t38?,39?,40-,42?,43+,51?,52+,54+,55-;18-,19-,20-,28+;19?,20-,23+,24+,26-/m000/s1. The number of hydrogen-bond acceptors (Lipinski definition) is 20. The number of aliphatic hydroxyl groups is 1. The molecule has 0 fully saturated rings. The number of allylic oxidation sites excluding steroid dienone is 1. The normalized spacial score (nSPS) is 15.7. The van der Waals surface area contributed by atoms with E-state index in [9.17, 15) is 82.1 Å². The van der Waals surface area contributed by atoms with Gasteiger partial charge in [0, 0.05) is 94.6 Å². The number of ketones is 2. The first-order chi connectivity index (χ1) is 70.9. The lowest BCUT2D eigenvalue weighted by molar-refractivity contribution is -0.154. The van der Waals surface area contributed by atoms with E-state index in [1.807, 2.05) is 198 Å². The van der Waals surface area contributed by atoms with Gasteiger partial charge in [-0.25, -0.2) is 14.4 Å². The van der Waals surface area contributed by atoms with Gasteiger partial charge < -0.3 is 81.2 Å². The molecule has 2 aliphatic carbocycles. The van der Waals surface area contributed by atoms with Crippen molar-refractivity contribution in [3.8, 4) is 22.3 Å². The fraction of sp³-hybridized carbons (Fsp3) is 0.538. The van der Waals surface area contributed by atoms with Crippen molar-refractivity contribution in [1.29, 1.82) is 0 Å². The van der Waals surface area contributed by atoms with E-state index in [1.54, 1.807) is 26.8 Å². The third-order valence-corrected chi connectivity index (χ3v) is 28.8.